The average molecular weight is 275 g/mol. The van der Waals surface area contributed by atoms with Crippen LogP contribution in [0.1, 0.15) is 41.5 Å². The van der Waals surface area contributed by atoms with Crippen molar-refractivity contribution in [3.63, 3.8) is 0 Å². The number of amides is 2. The zero-order chi connectivity index (χ0) is 14.9. The zero-order valence-corrected chi connectivity index (χ0v) is 11.8. The van der Waals surface area contributed by atoms with Gasteiger partial charge in [0.15, 0.2) is 0 Å². The van der Waals surface area contributed by atoms with E-state index in [-0.39, 0.29) is 6.61 Å². The number of aldehydes is 1. The Bertz CT molecular complexity index is 524. The Morgan fingerprint density at radius 2 is 1.65 bits per heavy atom. The van der Waals surface area contributed by atoms with E-state index in [0.717, 1.165) is 4.90 Å². The summed E-state index contributed by atoms with van der Waals surface area (Å²) in [5.41, 5.74) is 0.222. The van der Waals surface area contributed by atoms with Crippen molar-refractivity contribution in [1.29, 1.82) is 0 Å². The summed E-state index contributed by atoms with van der Waals surface area (Å²) in [5, 5.41) is 0. The number of hydrogen-bond donors (Lipinski definition) is 0. The predicted octanol–water partition coefficient (Wildman–Crippen LogP) is 1.67. The van der Waals surface area contributed by atoms with E-state index in [2.05, 4.69) is 0 Å². The second-order valence-electron chi connectivity index (χ2n) is 5.65. The fourth-order valence-electron chi connectivity index (χ4n) is 2.02. The number of nitrogens with zero attached hydrogens (tertiary/aromatic N) is 1. The highest BCUT2D eigenvalue weighted by Gasteiger charge is 2.40. The number of hydrogen-bond acceptors (Lipinski definition) is 4. The van der Waals surface area contributed by atoms with E-state index in [0.29, 0.717) is 17.4 Å². The fraction of sp³-hybridized carbons (Fsp3) is 0.400. The van der Waals surface area contributed by atoms with Gasteiger partial charge in [-0.3, -0.25) is 14.5 Å². The first-order valence-electron chi connectivity index (χ1n) is 6.41. The van der Waals surface area contributed by atoms with Crippen LogP contribution < -0.4 is 0 Å². The van der Waals surface area contributed by atoms with Crippen LogP contribution in [0.5, 0.6) is 0 Å². The number of benzene rings is 1. The van der Waals surface area contributed by atoms with Gasteiger partial charge >= 0.3 is 0 Å². The zero-order valence-electron chi connectivity index (χ0n) is 11.8. The predicted molar refractivity (Wildman–Crippen MR) is 72.5 cm³/mol. The Morgan fingerprint density at radius 1 is 1.15 bits per heavy atom. The van der Waals surface area contributed by atoms with Gasteiger partial charge in [-0.2, -0.15) is 0 Å². The molecule has 0 saturated heterocycles. The van der Waals surface area contributed by atoms with Crippen LogP contribution in [-0.2, 0) is 9.53 Å². The van der Waals surface area contributed by atoms with Gasteiger partial charge in [0.1, 0.15) is 12.3 Å². The molecule has 1 aliphatic heterocycles. The lowest BCUT2D eigenvalue weighted by atomic mass is 10.1. The van der Waals surface area contributed by atoms with E-state index < -0.39 is 23.5 Å². The summed E-state index contributed by atoms with van der Waals surface area (Å²) in [4.78, 5) is 36.6. The molecule has 20 heavy (non-hydrogen) atoms. The molecule has 1 aliphatic rings. The van der Waals surface area contributed by atoms with Crippen molar-refractivity contribution in [3.8, 4) is 0 Å². The Labute approximate surface area is 117 Å². The van der Waals surface area contributed by atoms with Crippen molar-refractivity contribution in [2.75, 3.05) is 6.61 Å². The largest absolute Gasteiger partial charge is 0.373 e. The maximum Gasteiger partial charge on any atom is 0.262 e. The first kappa shape index (κ1) is 14.4. The molecule has 5 heteroatoms. The van der Waals surface area contributed by atoms with Gasteiger partial charge < -0.3 is 9.53 Å². The monoisotopic (exact) mass is 275 g/mol. The van der Waals surface area contributed by atoms with Gasteiger partial charge in [0, 0.05) is 0 Å². The summed E-state index contributed by atoms with van der Waals surface area (Å²) < 4.78 is 5.51. The minimum absolute atomic E-state index is 0.00152. The Kier molecular flexibility index (Phi) is 3.72. The van der Waals surface area contributed by atoms with Gasteiger partial charge in [-0.25, -0.2) is 0 Å². The summed E-state index contributed by atoms with van der Waals surface area (Å²) in [6.45, 7) is 5.53. The number of carbonyl (C=O) groups excluding carboxylic acids is 3. The Hall–Kier alpha value is -2.01. The molecule has 0 fully saturated rings. The van der Waals surface area contributed by atoms with Crippen LogP contribution in [0.2, 0.25) is 0 Å². The lowest BCUT2D eigenvalue weighted by Gasteiger charge is -2.26. The van der Waals surface area contributed by atoms with Crippen LogP contribution in [0.25, 0.3) is 0 Å². The summed E-state index contributed by atoms with van der Waals surface area (Å²) in [5.74, 6) is -0.889. The van der Waals surface area contributed by atoms with Gasteiger partial charge in [-0.05, 0) is 32.9 Å². The molecule has 1 aromatic carbocycles. The van der Waals surface area contributed by atoms with Gasteiger partial charge in [-0.1, -0.05) is 12.1 Å². The highest BCUT2D eigenvalue weighted by atomic mass is 16.5. The molecular weight excluding hydrogens is 258 g/mol. The van der Waals surface area contributed by atoms with Crippen LogP contribution in [-0.4, -0.2) is 41.3 Å². The van der Waals surface area contributed by atoms with E-state index in [9.17, 15) is 14.4 Å². The first-order chi connectivity index (χ1) is 9.35. The summed E-state index contributed by atoms with van der Waals surface area (Å²) in [6, 6.07) is 5.65. The number of fused-ring (bicyclic) bond motifs is 1. The van der Waals surface area contributed by atoms with Crippen molar-refractivity contribution in [1.82, 2.24) is 4.90 Å². The summed E-state index contributed by atoms with van der Waals surface area (Å²) >= 11 is 0. The van der Waals surface area contributed by atoms with E-state index >= 15 is 0 Å². The smallest absolute Gasteiger partial charge is 0.262 e. The molecule has 0 saturated carbocycles. The van der Waals surface area contributed by atoms with Crippen LogP contribution in [0, 0.1) is 0 Å². The number of rotatable bonds is 4. The lowest BCUT2D eigenvalue weighted by molar-refractivity contribution is -0.115. The summed E-state index contributed by atoms with van der Waals surface area (Å²) in [6.07, 6.45) is 0.577. The first-order valence-corrected chi connectivity index (χ1v) is 6.41. The lowest BCUT2D eigenvalue weighted by Crippen LogP contribution is -2.45. The maximum absolute atomic E-state index is 12.2. The molecule has 5 nitrogen and oxygen atoms in total. The molecule has 1 atom stereocenters. The molecule has 0 spiro atoms. The Morgan fingerprint density at radius 3 is 2.05 bits per heavy atom. The van der Waals surface area contributed by atoms with Crippen LogP contribution >= 0.6 is 0 Å². The van der Waals surface area contributed by atoms with Crippen molar-refractivity contribution in [3.05, 3.63) is 35.4 Å². The van der Waals surface area contributed by atoms with Gasteiger partial charge in [0.25, 0.3) is 11.8 Å². The van der Waals surface area contributed by atoms with E-state index in [1.165, 1.54) is 0 Å². The van der Waals surface area contributed by atoms with Gasteiger partial charge in [0.2, 0.25) is 0 Å². The molecule has 0 unspecified atom stereocenters. The highest BCUT2D eigenvalue weighted by Crippen LogP contribution is 2.24. The highest BCUT2D eigenvalue weighted by molar-refractivity contribution is 6.22. The molecular formula is C15H17NO4. The molecule has 2 rings (SSSR count). The van der Waals surface area contributed by atoms with Gasteiger partial charge in [-0.15, -0.1) is 0 Å². The average Bonchev–Trinajstić information content (AvgIpc) is 2.64. The minimum Gasteiger partial charge on any atom is -0.373 e. The van der Waals surface area contributed by atoms with E-state index in [4.69, 9.17) is 4.74 Å². The molecule has 1 aromatic rings. The van der Waals surface area contributed by atoms with Crippen molar-refractivity contribution >= 4 is 18.1 Å². The molecule has 0 N–H and O–H groups in total. The van der Waals surface area contributed by atoms with Crippen molar-refractivity contribution < 1.29 is 19.1 Å². The topological polar surface area (TPSA) is 63.7 Å². The number of imide groups is 1. The molecule has 0 aliphatic carbocycles. The van der Waals surface area contributed by atoms with Crippen LogP contribution in [0.4, 0.5) is 0 Å². The van der Waals surface area contributed by atoms with Crippen LogP contribution in [0.3, 0.4) is 0 Å². The molecule has 2 amide bonds. The third kappa shape index (κ3) is 2.63. The number of ether oxygens (including phenoxy) is 1. The van der Waals surface area contributed by atoms with E-state index in [1.807, 2.05) is 20.8 Å². The SMILES string of the molecule is CC(C)(C)OC[C@@H](C=O)N1C(=O)c2ccccc2C1=O. The molecule has 0 radical (unpaired) electrons. The summed E-state index contributed by atoms with van der Waals surface area (Å²) in [7, 11) is 0. The molecule has 1 heterocycles. The second-order valence-corrected chi connectivity index (χ2v) is 5.65. The molecule has 0 bridgehead atoms. The minimum atomic E-state index is -0.901. The quantitative estimate of drug-likeness (QED) is 0.619. The van der Waals surface area contributed by atoms with Crippen molar-refractivity contribution in [2.24, 2.45) is 0 Å². The third-order valence-corrected chi connectivity index (χ3v) is 3.00. The Balaban J connectivity index is 2.23. The van der Waals surface area contributed by atoms with Crippen molar-refractivity contribution in [2.45, 2.75) is 32.4 Å². The molecule has 0 aromatic heterocycles. The second kappa shape index (κ2) is 5.17. The number of carbonyl (C=O) groups is 3. The maximum atomic E-state index is 12.2. The van der Waals surface area contributed by atoms with Gasteiger partial charge in [0.05, 0.1) is 23.3 Å². The standard InChI is InChI=1S/C15H17NO4/c1-15(2,3)20-9-10(8-17)16-13(18)11-6-4-5-7-12(11)14(16)19/h4-8,10H,9H2,1-3H3/t10-/m1/s1. The molecule has 106 valence electrons. The normalized spacial score (nSPS) is 16.2. The van der Waals surface area contributed by atoms with E-state index in [1.54, 1.807) is 24.3 Å². The fourth-order valence-corrected chi connectivity index (χ4v) is 2.02. The third-order valence-electron chi connectivity index (χ3n) is 3.00. The van der Waals surface area contributed by atoms with Crippen LogP contribution in [0.15, 0.2) is 24.3 Å².